The van der Waals surface area contributed by atoms with Crippen molar-refractivity contribution in [3.63, 3.8) is 0 Å². The lowest BCUT2D eigenvalue weighted by Gasteiger charge is -2.23. The zero-order valence-electron chi connectivity index (χ0n) is 37.5. The van der Waals surface area contributed by atoms with E-state index in [0.717, 1.165) is 64.2 Å². The summed E-state index contributed by atoms with van der Waals surface area (Å²) >= 11 is 0. The van der Waals surface area contributed by atoms with Crippen molar-refractivity contribution in [3.05, 3.63) is 60.8 Å². The minimum Gasteiger partial charge on any atom is -0.458 e. The molecule has 0 bridgehead atoms. The van der Waals surface area contributed by atoms with E-state index < -0.39 is 18.2 Å². The quantitative estimate of drug-likeness (QED) is 0.0325. The van der Waals surface area contributed by atoms with E-state index in [4.69, 9.17) is 4.74 Å². The van der Waals surface area contributed by atoms with Crippen LogP contribution in [0.2, 0.25) is 0 Å². The highest BCUT2D eigenvalue weighted by molar-refractivity contribution is 5.78. The number of unbranched alkanes of at least 4 members (excludes halogenated alkanes) is 22. The van der Waals surface area contributed by atoms with Gasteiger partial charge in [0, 0.05) is 6.42 Å². The fourth-order valence-electron chi connectivity index (χ4n) is 6.98. The number of esters is 1. The second-order valence-electron chi connectivity index (χ2n) is 16.1. The van der Waals surface area contributed by atoms with E-state index in [1.54, 1.807) is 6.08 Å². The number of allylic oxidation sites excluding steroid dienone is 9. The van der Waals surface area contributed by atoms with Gasteiger partial charge in [0.2, 0.25) is 5.91 Å². The zero-order valence-corrected chi connectivity index (χ0v) is 37.5. The third kappa shape index (κ3) is 40.1. The topological polar surface area (TPSA) is 95.9 Å². The number of ether oxygens (including phenoxy) is 1. The number of nitrogens with one attached hydrogen (secondary N) is 1. The van der Waals surface area contributed by atoms with Crippen molar-refractivity contribution in [1.82, 2.24) is 5.32 Å². The number of hydrogen-bond donors (Lipinski definition) is 3. The monoisotopic (exact) mass is 798 g/mol. The van der Waals surface area contributed by atoms with Crippen LogP contribution in [0.1, 0.15) is 226 Å². The van der Waals surface area contributed by atoms with Gasteiger partial charge in [-0.3, -0.25) is 9.59 Å². The Labute approximate surface area is 352 Å². The second kappa shape index (κ2) is 44.7. The Hall–Kier alpha value is -2.44. The first kappa shape index (κ1) is 54.6. The van der Waals surface area contributed by atoms with Gasteiger partial charge >= 0.3 is 5.97 Å². The van der Waals surface area contributed by atoms with Crippen LogP contribution >= 0.6 is 0 Å². The van der Waals surface area contributed by atoms with Crippen molar-refractivity contribution < 1.29 is 24.5 Å². The molecule has 0 aliphatic rings. The summed E-state index contributed by atoms with van der Waals surface area (Å²) in [6.07, 6.45) is 54.5. The smallest absolute Gasteiger partial charge is 0.306 e. The Morgan fingerprint density at radius 1 is 0.526 bits per heavy atom. The molecule has 0 aromatic heterocycles. The van der Waals surface area contributed by atoms with Crippen molar-refractivity contribution >= 4 is 11.9 Å². The first-order valence-corrected chi connectivity index (χ1v) is 24.0. The van der Waals surface area contributed by atoms with Gasteiger partial charge in [-0.2, -0.15) is 0 Å². The Morgan fingerprint density at radius 2 is 0.912 bits per heavy atom. The van der Waals surface area contributed by atoms with Gasteiger partial charge in [-0.15, -0.1) is 0 Å². The minimum atomic E-state index is -0.817. The second-order valence-corrected chi connectivity index (χ2v) is 16.1. The number of carbonyl (C=O) groups excluding carboxylic acids is 2. The molecule has 0 rings (SSSR count). The average molecular weight is 798 g/mol. The molecule has 0 aromatic rings. The predicted octanol–water partition coefficient (Wildman–Crippen LogP) is 14.1. The van der Waals surface area contributed by atoms with Crippen LogP contribution in [0, 0.1) is 0 Å². The lowest BCUT2D eigenvalue weighted by Crippen LogP contribution is -2.46. The first-order chi connectivity index (χ1) is 28.0. The summed E-state index contributed by atoms with van der Waals surface area (Å²) in [6.45, 7) is 6.31. The van der Waals surface area contributed by atoms with Crippen LogP contribution in [0.5, 0.6) is 0 Å². The molecule has 0 saturated carbocycles. The highest BCUT2D eigenvalue weighted by Gasteiger charge is 2.23. The van der Waals surface area contributed by atoms with E-state index >= 15 is 0 Å². The maximum Gasteiger partial charge on any atom is 0.306 e. The van der Waals surface area contributed by atoms with Crippen LogP contribution in [-0.4, -0.2) is 46.9 Å². The number of amides is 1. The molecule has 0 aliphatic heterocycles. The molecule has 6 nitrogen and oxygen atoms in total. The highest BCUT2D eigenvalue weighted by atomic mass is 16.5. The van der Waals surface area contributed by atoms with Crippen molar-refractivity contribution in [2.24, 2.45) is 0 Å². The molecule has 0 fully saturated rings. The Balaban J connectivity index is 4.75. The summed E-state index contributed by atoms with van der Waals surface area (Å²) < 4.78 is 5.81. The molecular formula is C51H91NO5. The average Bonchev–Trinajstić information content (AvgIpc) is 3.20. The minimum absolute atomic E-state index is 0.0450. The molecule has 1 amide bonds. The van der Waals surface area contributed by atoms with Crippen LogP contribution in [0.15, 0.2) is 60.8 Å². The fraction of sp³-hybridized carbons (Fsp3) is 0.765. The van der Waals surface area contributed by atoms with E-state index in [0.29, 0.717) is 19.3 Å². The van der Waals surface area contributed by atoms with Gasteiger partial charge in [-0.05, 0) is 51.0 Å². The van der Waals surface area contributed by atoms with Gasteiger partial charge in [0.1, 0.15) is 6.10 Å². The summed E-state index contributed by atoms with van der Waals surface area (Å²) in [5.74, 6) is -0.626. The lowest BCUT2D eigenvalue weighted by atomic mass is 10.0. The number of rotatable bonds is 42. The molecule has 3 N–H and O–H groups in total. The summed E-state index contributed by atoms with van der Waals surface area (Å²) in [5.41, 5.74) is 0. The van der Waals surface area contributed by atoms with Crippen molar-refractivity contribution in [3.8, 4) is 0 Å². The standard InChI is InChI=1S/C51H91NO5/c1-4-7-10-13-16-19-22-24-26-28-30-33-36-39-42-47(57-51(56)44-41-38-35-32-29-27-25-23-20-17-14-11-8-5-2)45-50(55)52-48(46-53)49(54)43-40-37-34-31-21-18-15-12-9-6-3/h7,10,16,19,24,26,30,33,39,42,47-49,53-54H,4-6,8-9,11-15,17-18,20-23,25,27-29,31-32,34-38,40-41,43-46H2,1-3H3,(H,52,55)/b10-7+,19-16+,26-24+,33-30+,42-39+. The first-order valence-electron chi connectivity index (χ1n) is 24.0. The van der Waals surface area contributed by atoms with Crippen molar-refractivity contribution in [1.29, 1.82) is 0 Å². The summed E-state index contributed by atoms with van der Waals surface area (Å²) in [6, 6.07) is -0.740. The molecule has 6 heteroatoms. The molecule has 330 valence electrons. The SMILES string of the molecule is CC/C=C/C/C=C/C/C=C/C/C=C/C/C=C/C(CC(=O)NC(CO)C(O)CCCCCCCCCCCC)OC(=O)CCCCCCCCCCCCCCCC. The van der Waals surface area contributed by atoms with Crippen LogP contribution in [0.4, 0.5) is 0 Å². The van der Waals surface area contributed by atoms with Crippen LogP contribution in [0.3, 0.4) is 0 Å². The lowest BCUT2D eigenvalue weighted by molar-refractivity contribution is -0.148. The van der Waals surface area contributed by atoms with E-state index in [1.165, 1.54) is 116 Å². The van der Waals surface area contributed by atoms with E-state index in [-0.39, 0.29) is 24.9 Å². The largest absolute Gasteiger partial charge is 0.458 e. The Kier molecular flexibility index (Phi) is 42.7. The predicted molar refractivity (Wildman–Crippen MR) is 245 cm³/mol. The Morgan fingerprint density at radius 3 is 1.33 bits per heavy atom. The van der Waals surface area contributed by atoms with Crippen molar-refractivity contribution in [2.45, 2.75) is 244 Å². The number of carbonyl (C=O) groups is 2. The maximum absolute atomic E-state index is 13.1. The molecule has 3 unspecified atom stereocenters. The van der Waals surface area contributed by atoms with Gasteiger partial charge in [-0.25, -0.2) is 0 Å². The fourth-order valence-corrected chi connectivity index (χ4v) is 6.98. The summed E-state index contributed by atoms with van der Waals surface area (Å²) in [7, 11) is 0. The molecule has 0 aromatic carbocycles. The van der Waals surface area contributed by atoms with Crippen molar-refractivity contribution in [2.75, 3.05) is 6.61 Å². The molecule has 0 spiro atoms. The van der Waals surface area contributed by atoms with Gasteiger partial charge in [-0.1, -0.05) is 223 Å². The normalized spacial score (nSPS) is 13.8. The molecule has 3 atom stereocenters. The van der Waals surface area contributed by atoms with Crippen LogP contribution < -0.4 is 5.32 Å². The third-order valence-electron chi connectivity index (χ3n) is 10.6. The van der Waals surface area contributed by atoms with Gasteiger partial charge < -0.3 is 20.3 Å². The molecule has 0 heterocycles. The van der Waals surface area contributed by atoms with E-state index in [2.05, 4.69) is 74.7 Å². The number of aliphatic hydroxyl groups excluding tert-OH is 2. The van der Waals surface area contributed by atoms with Crippen LogP contribution in [-0.2, 0) is 14.3 Å². The maximum atomic E-state index is 13.1. The zero-order chi connectivity index (χ0) is 41.7. The molecule has 0 aliphatic carbocycles. The third-order valence-corrected chi connectivity index (χ3v) is 10.6. The number of aliphatic hydroxyl groups is 2. The van der Waals surface area contributed by atoms with Gasteiger partial charge in [0.25, 0.3) is 0 Å². The van der Waals surface area contributed by atoms with E-state index in [1.807, 2.05) is 6.08 Å². The van der Waals surface area contributed by atoms with Crippen LogP contribution in [0.25, 0.3) is 0 Å². The molecular weight excluding hydrogens is 707 g/mol. The highest BCUT2D eigenvalue weighted by Crippen LogP contribution is 2.16. The molecule has 57 heavy (non-hydrogen) atoms. The summed E-state index contributed by atoms with van der Waals surface area (Å²) in [5, 5.41) is 23.6. The molecule has 0 saturated heterocycles. The summed E-state index contributed by atoms with van der Waals surface area (Å²) in [4.78, 5) is 26.0. The number of hydrogen-bond acceptors (Lipinski definition) is 5. The molecule has 0 radical (unpaired) electrons. The Bertz CT molecular complexity index is 1030. The van der Waals surface area contributed by atoms with Gasteiger partial charge in [0.05, 0.1) is 25.2 Å². The van der Waals surface area contributed by atoms with E-state index in [9.17, 15) is 19.8 Å². The van der Waals surface area contributed by atoms with Gasteiger partial charge in [0.15, 0.2) is 0 Å².